The summed E-state index contributed by atoms with van der Waals surface area (Å²) in [6, 6.07) is 16.6. The van der Waals surface area contributed by atoms with Crippen LogP contribution >= 0.6 is 0 Å². The lowest BCUT2D eigenvalue weighted by atomic mass is 9.93. The van der Waals surface area contributed by atoms with E-state index in [1.807, 2.05) is 18.2 Å². The predicted molar refractivity (Wildman–Crippen MR) is 92.0 cm³/mol. The Morgan fingerprint density at radius 2 is 1.78 bits per heavy atom. The zero-order valence-corrected chi connectivity index (χ0v) is 13.7. The van der Waals surface area contributed by atoms with E-state index in [1.165, 1.54) is 5.56 Å². The summed E-state index contributed by atoms with van der Waals surface area (Å²) in [4.78, 5) is 2.41. The van der Waals surface area contributed by atoms with Crippen molar-refractivity contribution in [1.29, 1.82) is 0 Å². The van der Waals surface area contributed by atoms with Gasteiger partial charge in [-0.2, -0.15) is 0 Å². The number of para-hydroxylation sites is 1. The van der Waals surface area contributed by atoms with Gasteiger partial charge in [-0.3, -0.25) is 4.90 Å². The van der Waals surface area contributed by atoms with Crippen LogP contribution in [-0.4, -0.2) is 38.3 Å². The molecule has 2 N–H and O–H groups in total. The van der Waals surface area contributed by atoms with E-state index in [1.54, 1.807) is 14.2 Å². The molecule has 0 saturated carbocycles. The van der Waals surface area contributed by atoms with E-state index in [-0.39, 0.29) is 12.0 Å². The van der Waals surface area contributed by atoms with E-state index in [9.17, 15) is 0 Å². The first-order valence-electron chi connectivity index (χ1n) is 7.95. The van der Waals surface area contributed by atoms with Crippen molar-refractivity contribution in [2.45, 2.75) is 18.5 Å². The second-order valence-electron chi connectivity index (χ2n) is 6.03. The normalized spacial score (nSPS) is 21.3. The Bertz CT molecular complexity index is 645. The monoisotopic (exact) mass is 312 g/mol. The lowest BCUT2D eigenvalue weighted by molar-refractivity contribution is 0.321. The van der Waals surface area contributed by atoms with Gasteiger partial charge in [0.2, 0.25) is 0 Å². The Hall–Kier alpha value is -2.04. The summed E-state index contributed by atoms with van der Waals surface area (Å²) in [6.07, 6.45) is 0. The van der Waals surface area contributed by atoms with E-state index < -0.39 is 0 Å². The first-order chi connectivity index (χ1) is 11.2. The van der Waals surface area contributed by atoms with Gasteiger partial charge < -0.3 is 15.2 Å². The third-order valence-electron chi connectivity index (χ3n) is 4.52. The Morgan fingerprint density at radius 1 is 1.00 bits per heavy atom. The van der Waals surface area contributed by atoms with Gasteiger partial charge in [-0.1, -0.05) is 42.5 Å². The lowest BCUT2D eigenvalue weighted by Crippen LogP contribution is -2.28. The largest absolute Gasteiger partial charge is 0.493 e. The Morgan fingerprint density at radius 3 is 2.48 bits per heavy atom. The first kappa shape index (κ1) is 15.8. The standard InChI is InChI=1S/C19H24N2O2/c1-22-18-10-6-9-15(19(18)23-2)16-12-21(13-17(16)20)11-14-7-4-3-5-8-14/h3-10,16-17H,11-13,20H2,1-2H3. The van der Waals surface area contributed by atoms with Crippen LogP contribution < -0.4 is 15.2 Å². The SMILES string of the molecule is COc1cccc(C2CN(Cc3ccccc3)CC2N)c1OC. The number of hydrogen-bond acceptors (Lipinski definition) is 4. The molecule has 0 aromatic heterocycles. The fraction of sp³-hybridized carbons (Fsp3) is 0.368. The van der Waals surface area contributed by atoms with Gasteiger partial charge in [0.05, 0.1) is 14.2 Å². The molecule has 122 valence electrons. The van der Waals surface area contributed by atoms with Gasteiger partial charge in [0, 0.05) is 37.2 Å². The maximum atomic E-state index is 6.43. The van der Waals surface area contributed by atoms with E-state index in [4.69, 9.17) is 15.2 Å². The maximum Gasteiger partial charge on any atom is 0.164 e. The van der Waals surface area contributed by atoms with Crippen molar-refractivity contribution >= 4 is 0 Å². The Labute approximate surface area is 137 Å². The number of methoxy groups -OCH3 is 2. The average Bonchev–Trinajstić information content (AvgIpc) is 2.95. The lowest BCUT2D eigenvalue weighted by Gasteiger charge is -2.20. The van der Waals surface area contributed by atoms with Crippen LogP contribution in [0.4, 0.5) is 0 Å². The Kier molecular flexibility index (Phi) is 4.84. The summed E-state index contributed by atoms with van der Waals surface area (Å²) in [6.45, 7) is 2.75. The second-order valence-corrected chi connectivity index (χ2v) is 6.03. The summed E-state index contributed by atoms with van der Waals surface area (Å²) >= 11 is 0. The predicted octanol–water partition coefficient (Wildman–Crippen LogP) is 2.63. The Balaban J connectivity index is 1.79. The number of nitrogens with two attached hydrogens (primary N) is 1. The van der Waals surface area contributed by atoms with Crippen LogP contribution in [0.2, 0.25) is 0 Å². The molecule has 0 spiro atoms. The number of nitrogens with zero attached hydrogens (tertiary/aromatic N) is 1. The smallest absolute Gasteiger partial charge is 0.164 e. The number of hydrogen-bond donors (Lipinski definition) is 1. The van der Waals surface area contributed by atoms with Gasteiger partial charge in [-0.15, -0.1) is 0 Å². The average molecular weight is 312 g/mol. The minimum absolute atomic E-state index is 0.0970. The van der Waals surface area contributed by atoms with E-state index in [0.29, 0.717) is 0 Å². The highest BCUT2D eigenvalue weighted by Gasteiger charge is 2.33. The third-order valence-corrected chi connectivity index (χ3v) is 4.52. The highest BCUT2D eigenvalue weighted by molar-refractivity contribution is 5.49. The van der Waals surface area contributed by atoms with Gasteiger partial charge in [-0.25, -0.2) is 0 Å². The fourth-order valence-corrected chi connectivity index (χ4v) is 3.42. The maximum absolute atomic E-state index is 6.43. The highest BCUT2D eigenvalue weighted by Crippen LogP contribution is 2.39. The molecule has 0 aliphatic carbocycles. The molecule has 4 nitrogen and oxygen atoms in total. The van der Waals surface area contributed by atoms with Crippen LogP contribution in [0.1, 0.15) is 17.0 Å². The zero-order valence-electron chi connectivity index (χ0n) is 13.7. The molecule has 4 heteroatoms. The minimum Gasteiger partial charge on any atom is -0.493 e. The summed E-state index contributed by atoms with van der Waals surface area (Å²) in [5.41, 5.74) is 8.88. The van der Waals surface area contributed by atoms with E-state index in [0.717, 1.165) is 36.7 Å². The van der Waals surface area contributed by atoms with Crippen LogP contribution in [0.3, 0.4) is 0 Å². The van der Waals surface area contributed by atoms with Gasteiger partial charge in [-0.05, 0) is 11.6 Å². The minimum atomic E-state index is 0.0970. The molecule has 1 heterocycles. The van der Waals surface area contributed by atoms with Gasteiger partial charge >= 0.3 is 0 Å². The van der Waals surface area contributed by atoms with Crippen LogP contribution in [-0.2, 0) is 6.54 Å². The molecule has 0 amide bonds. The fourth-order valence-electron chi connectivity index (χ4n) is 3.42. The molecule has 2 aromatic carbocycles. The van der Waals surface area contributed by atoms with Crippen LogP contribution in [0, 0.1) is 0 Å². The molecule has 1 fully saturated rings. The molecule has 1 saturated heterocycles. The van der Waals surface area contributed by atoms with Crippen LogP contribution in [0.15, 0.2) is 48.5 Å². The molecule has 2 atom stereocenters. The zero-order chi connectivity index (χ0) is 16.2. The number of likely N-dealkylation sites (tertiary alicyclic amines) is 1. The molecular weight excluding hydrogens is 288 g/mol. The first-order valence-corrected chi connectivity index (χ1v) is 7.95. The van der Waals surface area contributed by atoms with Crippen molar-refractivity contribution in [3.05, 3.63) is 59.7 Å². The van der Waals surface area contributed by atoms with Gasteiger partial charge in [0.15, 0.2) is 11.5 Å². The number of ether oxygens (including phenoxy) is 2. The van der Waals surface area contributed by atoms with Crippen molar-refractivity contribution < 1.29 is 9.47 Å². The van der Waals surface area contributed by atoms with Crippen LogP contribution in [0.25, 0.3) is 0 Å². The van der Waals surface area contributed by atoms with Crippen molar-refractivity contribution in [2.75, 3.05) is 27.3 Å². The molecule has 1 aliphatic heterocycles. The highest BCUT2D eigenvalue weighted by atomic mass is 16.5. The van der Waals surface area contributed by atoms with Crippen LogP contribution in [0.5, 0.6) is 11.5 Å². The van der Waals surface area contributed by atoms with Crippen molar-refractivity contribution in [2.24, 2.45) is 5.73 Å². The van der Waals surface area contributed by atoms with E-state index in [2.05, 4.69) is 35.2 Å². The quantitative estimate of drug-likeness (QED) is 0.922. The van der Waals surface area contributed by atoms with E-state index >= 15 is 0 Å². The summed E-state index contributed by atoms with van der Waals surface area (Å²) in [7, 11) is 3.35. The summed E-state index contributed by atoms with van der Waals surface area (Å²) < 4.78 is 11.0. The number of rotatable bonds is 5. The molecule has 2 unspecified atom stereocenters. The second kappa shape index (κ2) is 7.02. The molecule has 0 radical (unpaired) electrons. The molecule has 2 aromatic rings. The molecular formula is C19H24N2O2. The van der Waals surface area contributed by atoms with Gasteiger partial charge in [0.1, 0.15) is 0 Å². The topological polar surface area (TPSA) is 47.7 Å². The van der Waals surface area contributed by atoms with Crippen molar-refractivity contribution in [1.82, 2.24) is 4.90 Å². The molecule has 1 aliphatic rings. The molecule has 0 bridgehead atoms. The number of benzene rings is 2. The van der Waals surface area contributed by atoms with Crippen molar-refractivity contribution in [3.8, 4) is 11.5 Å². The molecule has 23 heavy (non-hydrogen) atoms. The molecule has 3 rings (SSSR count). The van der Waals surface area contributed by atoms with Crippen molar-refractivity contribution in [3.63, 3.8) is 0 Å². The third kappa shape index (κ3) is 3.33. The van der Waals surface area contributed by atoms with Gasteiger partial charge in [0.25, 0.3) is 0 Å². The summed E-state index contributed by atoms with van der Waals surface area (Å²) in [5, 5.41) is 0. The summed E-state index contributed by atoms with van der Waals surface area (Å²) in [5.74, 6) is 1.82.